The predicted molar refractivity (Wildman–Crippen MR) is 107 cm³/mol. The number of rotatable bonds is 8. The summed E-state index contributed by atoms with van der Waals surface area (Å²) in [6.45, 7) is 2.73. The highest BCUT2D eigenvalue weighted by Crippen LogP contribution is 2.20. The van der Waals surface area contributed by atoms with Gasteiger partial charge in [-0.05, 0) is 48.9 Å². The maximum absolute atomic E-state index is 12.9. The summed E-state index contributed by atoms with van der Waals surface area (Å²) in [5.41, 5.74) is 1.66. The molecule has 8 heteroatoms. The Hall–Kier alpha value is -2.87. The highest BCUT2D eigenvalue weighted by molar-refractivity contribution is 7.99. The Bertz CT molecular complexity index is 926. The van der Waals surface area contributed by atoms with Crippen molar-refractivity contribution in [3.8, 4) is 5.75 Å². The van der Waals surface area contributed by atoms with Crippen LogP contribution in [0.25, 0.3) is 0 Å². The molecule has 0 aliphatic heterocycles. The van der Waals surface area contributed by atoms with Crippen molar-refractivity contribution < 1.29 is 13.9 Å². The minimum atomic E-state index is -0.340. The molecule has 0 saturated carbocycles. The van der Waals surface area contributed by atoms with Crippen LogP contribution in [0.15, 0.2) is 53.7 Å². The lowest BCUT2D eigenvalue weighted by atomic mass is 10.1. The number of thioether (sulfide) groups is 1. The fraction of sp³-hybridized carbons (Fsp3) is 0.250. The topological polar surface area (TPSA) is 69.0 Å². The molecule has 0 unspecified atom stereocenters. The van der Waals surface area contributed by atoms with Gasteiger partial charge in [0.05, 0.1) is 12.9 Å². The Morgan fingerprint density at radius 1 is 1.14 bits per heavy atom. The van der Waals surface area contributed by atoms with Crippen molar-refractivity contribution in [2.24, 2.45) is 0 Å². The van der Waals surface area contributed by atoms with Crippen molar-refractivity contribution in [2.45, 2.75) is 25.0 Å². The summed E-state index contributed by atoms with van der Waals surface area (Å²) in [5.74, 6) is 1.32. The molecule has 1 amide bonds. The first kappa shape index (κ1) is 19.9. The zero-order valence-corrected chi connectivity index (χ0v) is 16.5. The molecule has 1 aromatic heterocycles. The van der Waals surface area contributed by atoms with Gasteiger partial charge in [-0.2, -0.15) is 0 Å². The van der Waals surface area contributed by atoms with Crippen molar-refractivity contribution in [2.75, 3.05) is 18.2 Å². The molecule has 28 heavy (non-hydrogen) atoms. The number of amides is 1. The number of halogens is 1. The van der Waals surface area contributed by atoms with Crippen LogP contribution in [-0.2, 0) is 17.8 Å². The van der Waals surface area contributed by atoms with E-state index in [-0.39, 0.29) is 17.5 Å². The van der Waals surface area contributed by atoms with Gasteiger partial charge in [0.1, 0.15) is 17.4 Å². The highest BCUT2D eigenvalue weighted by atomic mass is 32.2. The summed E-state index contributed by atoms with van der Waals surface area (Å²) in [7, 11) is 1.64. The molecular weight excluding hydrogens is 379 g/mol. The lowest BCUT2D eigenvalue weighted by Gasteiger charge is -2.08. The van der Waals surface area contributed by atoms with Crippen LogP contribution in [0.5, 0.6) is 5.75 Å². The largest absolute Gasteiger partial charge is 0.497 e. The zero-order chi connectivity index (χ0) is 19.9. The lowest BCUT2D eigenvalue weighted by Crippen LogP contribution is -2.14. The summed E-state index contributed by atoms with van der Waals surface area (Å²) in [6.07, 6.45) is 0.646. The van der Waals surface area contributed by atoms with E-state index in [0.29, 0.717) is 23.8 Å². The van der Waals surface area contributed by atoms with Crippen LogP contribution in [0.1, 0.15) is 18.3 Å². The Morgan fingerprint density at radius 2 is 1.86 bits per heavy atom. The molecule has 6 nitrogen and oxygen atoms in total. The summed E-state index contributed by atoms with van der Waals surface area (Å²) < 4.78 is 20.1. The highest BCUT2D eigenvalue weighted by Gasteiger charge is 2.14. The summed E-state index contributed by atoms with van der Waals surface area (Å²) in [4.78, 5) is 12.1. The molecule has 0 fully saturated rings. The average Bonchev–Trinajstić information content (AvgIpc) is 3.10. The fourth-order valence-electron chi connectivity index (χ4n) is 2.66. The van der Waals surface area contributed by atoms with E-state index in [0.717, 1.165) is 17.1 Å². The number of nitrogens with zero attached hydrogens (tertiary/aromatic N) is 3. The van der Waals surface area contributed by atoms with E-state index in [1.54, 1.807) is 7.11 Å². The Morgan fingerprint density at radius 3 is 2.50 bits per heavy atom. The second kappa shape index (κ2) is 9.36. The molecule has 0 saturated heterocycles. The van der Waals surface area contributed by atoms with Gasteiger partial charge in [-0.1, -0.05) is 23.9 Å². The van der Waals surface area contributed by atoms with Gasteiger partial charge in [0, 0.05) is 18.7 Å². The third kappa shape index (κ3) is 5.10. The van der Waals surface area contributed by atoms with E-state index in [2.05, 4.69) is 15.5 Å². The lowest BCUT2D eigenvalue weighted by molar-refractivity contribution is -0.113. The van der Waals surface area contributed by atoms with Gasteiger partial charge in [0.2, 0.25) is 5.91 Å². The maximum Gasteiger partial charge on any atom is 0.234 e. The van der Waals surface area contributed by atoms with Crippen LogP contribution in [0.3, 0.4) is 0 Å². The first-order valence-corrected chi connectivity index (χ1v) is 9.81. The molecule has 0 radical (unpaired) electrons. The number of ether oxygens (including phenoxy) is 1. The maximum atomic E-state index is 12.9. The molecule has 0 aliphatic carbocycles. The number of hydrogen-bond acceptors (Lipinski definition) is 5. The summed E-state index contributed by atoms with van der Waals surface area (Å²) in [5, 5.41) is 11.9. The molecule has 2 aromatic carbocycles. The zero-order valence-electron chi connectivity index (χ0n) is 15.7. The predicted octanol–water partition coefficient (Wildman–Crippen LogP) is 3.77. The summed E-state index contributed by atoms with van der Waals surface area (Å²) in [6, 6.07) is 13.5. The quantitative estimate of drug-likeness (QED) is 0.583. The van der Waals surface area contributed by atoms with Crippen molar-refractivity contribution in [3.05, 3.63) is 65.7 Å². The average molecular weight is 400 g/mol. The Kier molecular flexibility index (Phi) is 6.65. The number of aromatic nitrogens is 3. The minimum Gasteiger partial charge on any atom is -0.497 e. The van der Waals surface area contributed by atoms with Crippen molar-refractivity contribution in [3.63, 3.8) is 0 Å². The molecular formula is C20H21FN4O2S. The SMILES string of the molecule is CCn1c(Cc2ccc(OC)cc2)nnc1SCC(=O)Nc1ccc(F)cc1. The number of anilines is 1. The van der Waals surface area contributed by atoms with Gasteiger partial charge in [-0.3, -0.25) is 4.79 Å². The number of carbonyl (C=O) groups is 1. The monoisotopic (exact) mass is 400 g/mol. The standard InChI is InChI=1S/C20H21FN4O2S/c1-3-25-18(12-14-4-10-17(27-2)11-5-14)23-24-20(25)28-13-19(26)22-16-8-6-15(21)7-9-16/h4-11H,3,12-13H2,1-2H3,(H,22,26). The van der Waals surface area contributed by atoms with Gasteiger partial charge in [0.15, 0.2) is 5.16 Å². The molecule has 1 N–H and O–H groups in total. The molecule has 1 heterocycles. The molecule has 146 valence electrons. The third-order valence-electron chi connectivity index (χ3n) is 4.09. The smallest absolute Gasteiger partial charge is 0.234 e. The minimum absolute atomic E-state index is 0.182. The fourth-order valence-corrected chi connectivity index (χ4v) is 3.48. The Labute approximate surface area is 167 Å². The van der Waals surface area contributed by atoms with E-state index in [9.17, 15) is 9.18 Å². The van der Waals surface area contributed by atoms with Crippen LogP contribution in [-0.4, -0.2) is 33.5 Å². The second-order valence-electron chi connectivity index (χ2n) is 6.01. The van der Waals surface area contributed by atoms with E-state index in [1.807, 2.05) is 35.8 Å². The number of hydrogen-bond donors (Lipinski definition) is 1. The van der Waals surface area contributed by atoms with Crippen molar-refractivity contribution >= 4 is 23.4 Å². The normalized spacial score (nSPS) is 10.7. The van der Waals surface area contributed by atoms with Gasteiger partial charge < -0.3 is 14.6 Å². The second-order valence-corrected chi connectivity index (χ2v) is 6.95. The van der Waals surface area contributed by atoms with E-state index in [1.165, 1.54) is 36.0 Å². The summed E-state index contributed by atoms with van der Waals surface area (Å²) >= 11 is 1.32. The van der Waals surface area contributed by atoms with E-state index in [4.69, 9.17) is 4.74 Å². The molecule has 0 bridgehead atoms. The number of nitrogens with one attached hydrogen (secondary N) is 1. The molecule has 0 aliphatic rings. The van der Waals surface area contributed by atoms with Crippen molar-refractivity contribution in [1.29, 1.82) is 0 Å². The van der Waals surface area contributed by atoms with Crippen LogP contribution in [0.4, 0.5) is 10.1 Å². The third-order valence-corrected chi connectivity index (χ3v) is 5.06. The number of methoxy groups -OCH3 is 1. The van der Waals surface area contributed by atoms with Crippen LogP contribution in [0.2, 0.25) is 0 Å². The van der Waals surface area contributed by atoms with Crippen LogP contribution in [0, 0.1) is 5.82 Å². The Balaban J connectivity index is 1.61. The van der Waals surface area contributed by atoms with Crippen molar-refractivity contribution in [1.82, 2.24) is 14.8 Å². The number of benzene rings is 2. The number of carbonyl (C=O) groups excluding carboxylic acids is 1. The first-order chi connectivity index (χ1) is 13.6. The molecule has 3 aromatic rings. The molecule has 0 spiro atoms. The van der Waals surface area contributed by atoms with Crippen LogP contribution < -0.4 is 10.1 Å². The van der Waals surface area contributed by atoms with Gasteiger partial charge in [-0.25, -0.2) is 4.39 Å². The van der Waals surface area contributed by atoms with Gasteiger partial charge >= 0.3 is 0 Å². The van der Waals surface area contributed by atoms with E-state index >= 15 is 0 Å². The van der Waals surface area contributed by atoms with Gasteiger partial charge in [0.25, 0.3) is 0 Å². The first-order valence-electron chi connectivity index (χ1n) is 8.82. The molecule has 3 rings (SSSR count). The van der Waals surface area contributed by atoms with Crippen LogP contribution >= 0.6 is 11.8 Å². The van der Waals surface area contributed by atoms with Gasteiger partial charge in [-0.15, -0.1) is 10.2 Å². The van der Waals surface area contributed by atoms with E-state index < -0.39 is 0 Å². The molecule has 0 atom stereocenters.